The highest BCUT2D eigenvalue weighted by molar-refractivity contribution is 7.89. The largest absolute Gasteiger partial charge is 0.480 e. The summed E-state index contributed by atoms with van der Waals surface area (Å²) in [6.45, 7) is 7.74. The number of hydrogen-bond acceptors (Lipinski definition) is 3. The molecular weight excluding hydrogens is 290 g/mol. The summed E-state index contributed by atoms with van der Waals surface area (Å²) >= 11 is 0. The molecule has 0 aliphatic rings. The number of aliphatic carboxylic acids is 1. The molecule has 118 valence electrons. The maximum Gasteiger partial charge on any atom is 0.321 e. The molecule has 21 heavy (non-hydrogen) atoms. The summed E-state index contributed by atoms with van der Waals surface area (Å²) in [4.78, 5) is 11.2. The summed E-state index contributed by atoms with van der Waals surface area (Å²) in [7, 11) is -3.82. The Hall–Kier alpha value is -1.40. The van der Waals surface area contributed by atoms with Crippen LogP contribution in [0.15, 0.2) is 29.2 Å². The number of carboxylic acids is 1. The summed E-state index contributed by atoms with van der Waals surface area (Å²) in [5, 5.41) is 9.12. The molecule has 0 saturated carbocycles. The fourth-order valence-electron chi connectivity index (χ4n) is 1.96. The Morgan fingerprint density at radius 3 is 2.05 bits per heavy atom. The van der Waals surface area contributed by atoms with Crippen molar-refractivity contribution in [2.75, 3.05) is 0 Å². The average molecular weight is 313 g/mol. The minimum atomic E-state index is -3.82. The maximum absolute atomic E-state index is 12.2. The maximum atomic E-state index is 12.2. The second kappa shape index (κ2) is 7.04. The fourth-order valence-corrected chi connectivity index (χ4v) is 3.16. The van der Waals surface area contributed by atoms with Crippen LogP contribution in [-0.4, -0.2) is 25.5 Å². The van der Waals surface area contributed by atoms with Crippen LogP contribution in [0.1, 0.15) is 45.6 Å². The van der Waals surface area contributed by atoms with Crippen molar-refractivity contribution in [3.05, 3.63) is 29.8 Å². The highest BCUT2D eigenvalue weighted by Crippen LogP contribution is 2.18. The third kappa shape index (κ3) is 5.13. The monoisotopic (exact) mass is 313 g/mol. The number of nitrogens with one attached hydrogen (secondary N) is 1. The first kappa shape index (κ1) is 17.7. The highest BCUT2D eigenvalue weighted by Gasteiger charge is 2.26. The minimum absolute atomic E-state index is 0.0807. The van der Waals surface area contributed by atoms with E-state index in [0.29, 0.717) is 5.92 Å². The molecule has 0 spiro atoms. The van der Waals surface area contributed by atoms with Crippen molar-refractivity contribution < 1.29 is 18.3 Å². The smallest absolute Gasteiger partial charge is 0.321 e. The van der Waals surface area contributed by atoms with E-state index in [9.17, 15) is 13.2 Å². The standard InChI is InChI=1S/C15H23NO4S/c1-10(2)9-14(15(17)18)16-21(19,20)13-7-5-12(6-8-13)11(3)4/h5-8,10-11,14,16H,9H2,1-4H3,(H,17,18). The first-order chi connectivity index (χ1) is 9.63. The van der Waals surface area contributed by atoms with Crippen LogP contribution in [-0.2, 0) is 14.8 Å². The summed E-state index contributed by atoms with van der Waals surface area (Å²) in [5.74, 6) is -0.773. The summed E-state index contributed by atoms with van der Waals surface area (Å²) in [6, 6.07) is 5.40. The van der Waals surface area contributed by atoms with Crippen molar-refractivity contribution in [2.45, 2.75) is 51.0 Å². The molecule has 0 bridgehead atoms. The Morgan fingerprint density at radius 2 is 1.67 bits per heavy atom. The van der Waals surface area contributed by atoms with E-state index in [2.05, 4.69) is 4.72 Å². The van der Waals surface area contributed by atoms with Gasteiger partial charge in [-0.05, 0) is 36.0 Å². The van der Waals surface area contributed by atoms with Gasteiger partial charge in [0.1, 0.15) is 6.04 Å². The Morgan fingerprint density at radius 1 is 1.14 bits per heavy atom. The molecule has 0 aliphatic heterocycles. The molecule has 1 aromatic rings. The molecule has 2 N–H and O–H groups in total. The second-order valence-corrected chi connectivity index (χ2v) is 7.58. The quantitative estimate of drug-likeness (QED) is 0.810. The lowest BCUT2D eigenvalue weighted by Gasteiger charge is -2.17. The molecule has 0 saturated heterocycles. The number of hydrogen-bond donors (Lipinski definition) is 2. The zero-order valence-corrected chi connectivity index (χ0v) is 13.6. The Kier molecular flexibility index (Phi) is 5.92. The van der Waals surface area contributed by atoms with Crippen LogP contribution < -0.4 is 4.72 Å². The SMILES string of the molecule is CC(C)CC(NS(=O)(=O)c1ccc(C(C)C)cc1)C(=O)O. The van der Waals surface area contributed by atoms with Crippen molar-refractivity contribution >= 4 is 16.0 Å². The van der Waals surface area contributed by atoms with Gasteiger partial charge in [-0.1, -0.05) is 39.8 Å². The van der Waals surface area contributed by atoms with Crippen LogP contribution >= 0.6 is 0 Å². The number of carbonyl (C=O) groups is 1. The van der Waals surface area contributed by atoms with E-state index in [4.69, 9.17) is 5.11 Å². The van der Waals surface area contributed by atoms with Gasteiger partial charge in [-0.15, -0.1) is 0 Å². The molecular formula is C15H23NO4S. The van der Waals surface area contributed by atoms with E-state index >= 15 is 0 Å². The predicted molar refractivity (Wildman–Crippen MR) is 81.7 cm³/mol. The molecule has 1 rings (SSSR count). The van der Waals surface area contributed by atoms with Crippen molar-refractivity contribution in [3.63, 3.8) is 0 Å². The third-order valence-corrected chi connectivity index (χ3v) is 4.65. The van der Waals surface area contributed by atoms with Crippen LogP contribution in [0.2, 0.25) is 0 Å². The van der Waals surface area contributed by atoms with Gasteiger partial charge in [-0.2, -0.15) is 4.72 Å². The lowest BCUT2D eigenvalue weighted by molar-refractivity contribution is -0.139. The molecule has 0 radical (unpaired) electrons. The first-order valence-electron chi connectivity index (χ1n) is 6.98. The molecule has 0 aliphatic carbocycles. The molecule has 1 unspecified atom stereocenters. The van der Waals surface area contributed by atoms with Crippen LogP contribution in [0.25, 0.3) is 0 Å². The Balaban J connectivity index is 2.96. The van der Waals surface area contributed by atoms with Gasteiger partial charge in [0.15, 0.2) is 0 Å². The van der Waals surface area contributed by atoms with E-state index < -0.39 is 22.0 Å². The van der Waals surface area contributed by atoms with Crippen molar-refractivity contribution in [2.24, 2.45) is 5.92 Å². The molecule has 1 atom stereocenters. The first-order valence-corrected chi connectivity index (χ1v) is 8.47. The Bertz CT molecular complexity index is 576. The minimum Gasteiger partial charge on any atom is -0.480 e. The molecule has 1 aromatic carbocycles. The van der Waals surface area contributed by atoms with Gasteiger partial charge in [0.05, 0.1) is 4.90 Å². The average Bonchev–Trinajstić information content (AvgIpc) is 2.37. The van der Waals surface area contributed by atoms with Crippen LogP contribution in [0.5, 0.6) is 0 Å². The second-order valence-electron chi connectivity index (χ2n) is 5.87. The molecule has 6 heteroatoms. The van der Waals surface area contributed by atoms with Crippen molar-refractivity contribution in [3.8, 4) is 0 Å². The van der Waals surface area contributed by atoms with Gasteiger partial charge in [-0.3, -0.25) is 4.79 Å². The van der Waals surface area contributed by atoms with Gasteiger partial charge in [0.25, 0.3) is 0 Å². The lowest BCUT2D eigenvalue weighted by Crippen LogP contribution is -2.41. The Labute approximate surface area is 126 Å². The van der Waals surface area contributed by atoms with Crippen molar-refractivity contribution in [1.29, 1.82) is 0 Å². The van der Waals surface area contributed by atoms with Gasteiger partial charge in [-0.25, -0.2) is 8.42 Å². The summed E-state index contributed by atoms with van der Waals surface area (Å²) in [5.41, 5.74) is 1.03. The van der Waals surface area contributed by atoms with Crippen LogP contribution in [0.4, 0.5) is 0 Å². The lowest BCUT2D eigenvalue weighted by atomic mass is 10.0. The van der Waals surface area contributed by atoms with E-state index in [0.717, 1.165) is 5.56 Å². The molecule has 0 aromatic heterocycles. The zero-order chi connectivity index (χ0) is 16.2. The van der Waals surface area contributed by atoms with E-state index in [1.165, 1.54) is 12.1 Å². The third-order valence-electron chi connectivity index (χ3n) is 3.16. The van der Waals surface area contributed by atoms with Crippen molar-refractivity contribution in [1.82, 2.24) is 4.72 Å². The van der Waals surface area contributed by atoms with Gasteiger partial charge < -0.3 is 5.11 Å². The normalized spacial score (nSPS) is 13.6. The molecule has 0 fully saturated rings. The fraction of sp³-hybridized carbons (Fsp3) is 0.533. The van der Waals surface area contributed by atoms with Crippen LogP contribution in [0, 0.1) is 5.92 Å². The topological polar surface area (TPSA) is 83.5 Å². The number of benzene rings is 1. The van der Waals surface area contributed by atoms with Gasteiger partial charge in [0.2, 0.25) is 10.0 Å². The zero-order valence-electron chi connectivity index (χ0n) is 12.8. The van der Waals surface area contributed by atoms with Gasteiger partial charge in [0, 0.05) is 0 Å². The highest BCUT2D eigenvalue weighted by atomic mass is 32.2. The number of rotatable bonds is 7. The molecule has 0 amide bonds. The number of sulfonamides is 1. The van der Waals surface area contributed by atoms with E-state index in [1.807, 2.05) is 27.7 Å². The molecule has 0 heterocycles. The predicted octanol–water partition coefficient (Wildman–Crippen LogP) is 2.59. The number of carboxylic acid groups (broad SMARTS) is 1. The summed E-state index contributed by atoms with van der Waals surface area (Å²) < 4.78 is 26.7. The summed E-state index contributed by atoms with van der Waals surface area (Å²) in [6.07, 6.45) is 0.249. The molecule has 5 nitrogen and oxygen atoms in total. The van der Waals surface area contributed by atoms with E-state index in [-0.39, 0.29) is 17.2 Å². The van der Waals surface area contributed by atoms with Crippen LogP contribution in [0.3, 0.4) is 0 Å². The van der Waals surface area contributed by atoms with Gasteiger partial charge >= 0.3 is 5.97 Å². The van der Waals surface area contributed by atoms with E-state index in [1.54, 1.807) is 12.1 Å².